The van der Waals surface area contributed by atoms with Crippen molar-refractivity contribution in [2.45, 2.75) is 44.6 Å². The van der Waals surface area contributed by atoms with Crippen LogP contribution in [0.4, 0.5) is 4.39 Å². The van der Waals surface area contributed by atoms with Gasteiger partial charge in [-0.1, -0.05) is 12.1 Å². The van der Waals surface area contributed by atoms with Crippen LogP contribution < -0.4 is 10.6 Å². The Morgan fingerprint density at radius 2 is 1.93 bits per heavy atom. The maximum absolute atomic E-state index is 13.2. The molecule has 0 saturated heterocycles. The average molecular weight is 373 g/mol. The van der Waals surface area contributed by atoms with Crippen LogP contribution in [0.3, 0.4) is 0 Å². The standard InChI is InChI=1S/C21H28FN3O2/c1-4-23-19(24-13-20(3,26)18-10-5-15(2)27-18)25-14-21(11-12-21)16-6-8-17(22)9-7-16/h5-10,26H,4,11-14H2,1-3H3,(H2,23,24,25). The van der Waals surface area contributed by atoms with E-state index in [0.29, 0.717) is 18.3 Å². The number of aryl methyl sites for hydroxylation is 1. The zero-order chi connectivity index (χ0) is 19.5. The lowest BCUT2D eigenvalue weighted by Gasteiger charge is -2.21. The van der Waals surface area contributed by atoms with Crippen molar-refractivity contribution in [3.05, 3.63) is 59.3 Å². The summed E-state index contributed by atoms with van der Waals surface area (Å²) in [7, 11) is 0. The summed E-state index contributed by atoms with van der Waals surface area (Å²) >= 11 is 0. The Bertz CT molecular complexity index is 792. The van der Waals surface area contributed by atoms with E-state index in [2.05, 4.69) is 15.6 Å². The fourth-order valence-corrected chi connectivity index (χ4v) is 3.15. The molecule has 0 bridgehead atoms. The van der Waals surface area contributed by atoms with Crippen LogP contribution in [-0.2, 0) is 11.0 Å². The Hall–Kier alpha value is -2.34. The maximum atomic E-state index is 13.2. The van der Waals surface area contributed by atoms with Crippen molar-refractivity contribution >= 4 is 5.96 Å². The molecule has 0 aliphatic heterocycles. The molecule has 0 amide bonds. The van der Waals surface area contributed by atoms with Crippen LogP contribution in [-0.4, -0.2) is 30.7 Å². The summed E-state index contributed by atoms with van der Waals surface area (Å²) in [6.07, 6.45) is 2.13. The van der Waals surface area contributed by atoms with Crippen molar-refractivity contribution in [3.63, 3.8) is 0 Å². The molecule has 27 heavy (non-hydrogen) atoms. The summed E-state index contributed by atoms with van der Waals surface area (Å²) < 4.78 is 18.7. The van der Waals surface area contributed by atoms with Crippen LogP contribution >= 0.6 is 0 Å². The highest BCUT2D eigenvalue weighted by Crippen LogP contribution is 2.47. The van der Waals surface area contributed by atoms with Gasteiger partial charge in [-0.2, -0.15) is 0 Å². The molecule has 1 aliphatic rings. The zero-order valence-corrected chi connectivity index (χ0v) is 16.2. The molecule has 3 N–H and O–H groups in total. The predicted octanol–water partition coefficient (Wildman–Crippen LogP) is 3.22. The number of halogens is 1. The second kappa shape index (κ2) is 7.72. The lowest BCUT2D eigenvalue weighted by Crippen LogP contribution is -2.42. The van der Waals surface area contributed by atoms with Gasteiger partial charge in [-0.15, -0.1) is 0 Å². The molecule has 1 heterocycles. The molecule has 1 atom stereocenters. The highest BCUT2D eigenvalue weighted by atomic mass is 19.1. The quantitative estimate of drug-likeness (QED) is 0.515. The van der Waals surface area contributed by atoms with Crippen LogP contribution in [0, 0.1) is 12.7 Å². The summed E-state index contributed by atoms with van der Waals surface area (Å²) in [4.78, 5) is 4.53. The van der Waals surface area contributed by atoms with E-state index >= 15 is 0 Å². The van der Waals surface area contributed by atoms with E-state index in [0.717, 1.165) is 30.7 Å². The first-order valence-electron chi connectivity index (χ1n) is 9.42. The van der Waals surface area contributed by atoms with Crippen LogP contribution in [0.15, 0.2) is 45.8 Å². The van der Waals surface area contributed by atoms with Crippen molar-refractivity contribution in [1.82, 2.24) is 10.6 Å². The topological polar surface area (TPSA) is 69.8 Å². The zero-order valence-electron chi connectivity index (χ0n) is 16.2. The van der Waals surface area contributed by atoms with Gasteiger partial charge in [0, 0.05) is 18.5 Å². The molecule has 1 aromatic carbocycles. The predicted molar refractivity (Wildman–Crippen MR) is 104 cm³/mol. The van der Waals surface area contributed by atoms with E-state index in [1.807, 2.05) is 32.0 Å². The Labute approximate surface area is 159 Å². The lowest BCUT2D eigenvalue weighted by molar-refractivity contribution is 0.0428. The van der Waals surface area contributed by atoms with Crippen molar-refractivity contribution in [2.24, 2.45) is 4.99 Å². The largest absolute Gasteiger partial charge is 0.463 e. The van der Waals surface area contributed by atoms with Gasteiger partial charge >= 0.3 is 0 Å². The second-order valence-electron chi connectivity index (χ2n) is 7.52. The van der Waals surface area contributed by atoms with Gasteiger partial charge in [0.05, 0.1) is 6.54 Å². The first kappa shape index (κ1) is 19.4. The maximum Gasteiger partial charge on any atom is 0.191 e. The number of nitrogens with one attached hydrogen (secondary N) is 2. The SMILES string of the molecule is CCNC(=NCC(C)(O)c1ccc(C)o1)NCC1(c2ccc(F)cc2)CC1. The van der Waals surface area contributed by atoms with E-state index in [1.54, 1.807) is 13.0 Å². The number of furan rings is 1. The second-order valence-corrected chi connectivity index (χ2v) is 7.52. The summed E-state index contributed by atoms with van der Waals surface area (Å²) in [6.45, 7) is 7.15. The lowest BCUT2D eigenvalue weighted by atomic mass is 9.96. The number of guanidine groups is 1. The van der Waals surface area contributed by atoms with Crippen molar-refractivity contribution in [3.8, 4) is 0 Å². The number of aliphatic imine (C=N–C) groups is 1. The molecule has 5 nitrogen and oxygen atoms in total. The molecule has 1 aromatic heterocycles. The van der Waals surface area contributed by atoms with E-state index in [4.69, 9.17) is 4.42 Å². The van der Waals surface area contributed by atoms with Gasteiger partial charge in [-0.3, -0.25) is 0 Å². The van der Waals surface area contributed by atoms with Gasteiger partial charge in [0.25, 0.3) is 0 Å². The molecular formula is C21H28FN3O2. The molecule has 1 unspecified atom stereocenters. The third kappa shape index (κ3) is 4.69. The molecule has 3 rings (SSSR count). The van der Waals surface area contributed by atoms with Gasteiger partial charge in [0.2, 0.25) is 0 Å². The van der Waals surface area contributed by atoms with Crippen molar-refractivity contribution in [2.75, 3.05) is 19.6 Å². The normalized spacial score (nSPS) is 18.0. The van der Waals surface area contributed by atoms with E-state index in [9.17, 15) is 9.50 Å². The highest BCUT2D eigenvalue weighted by Gasteiger charge is 2.44. The third-order valence-electron chi connectivity index (χ3n) is 5.06. The molecular weight excluding hydrogens is 345 g/mol. The fourth-order valence-electron chi connectivity index (χ4n) is 3.15. The molecule has 1 fully saturated rings. The Kier molecular flexibility index (Phi) is 5.56. The minimum Gasteiger partial charge on any atom is -0.463 e. The molecule has 0 spiro atoms. The van der Waals surface area contributed by atoms with E-state index in [-0.39, 0.29) is 17.8 Å². The molecule has 6 heteroatoms. The van der Waals surface area contributed by atoms with Gasteiger partial charge in [0.1, 0.15) is 22.9 Å². The number of aliphatic hydroxyl groups is 1. The molecule has 2 aromatic rings. The number of nitrogens with zero attached hydrogens (tertiary/aromatic N) is 1. The van der Waals surface area contributed by atoms with Crippen molar-refractivity contribution < 1.29 is 13.9 Å². The summed E-state index contributed by atoms with van der Waals surface area (Å²) in [5.74, 6) is 1.70. The smallest absolute Gasteiger partial charge is 0.191 e. The molecule has 1 saturated carbocycles. The highest BCUT2D eigenvalue weighted by molar-refractivity contribution is 5.80. The minimum atomic E-state index is -1.18. The first-order valence-corrected chi connectivity index (χ1v) is 9.42. The number of hydrogen-bond acceptors (Lipinski definition) is 3. The fraction of sp³-hybridized carbons (Fsp3) is 0.476. The van der Waals surface area contributed by atoms with Crippen LogP contribution in [0.2, 0.25) is 0 Å². The van der Waals surface area contributed by atoms with Crippen molar-refractivity contribution in [1.29, 1.82) is 0 Å². The van der Waals surface area contributed by atoms with Gasteiger partial charge in [-0.05, 0) is 63.4 Å². The van der Waals surface area contributed by atoms with Gasteiger partial charge in [0.15, 0.2) is 5.96 Å². The number of benzene rings is 1. The minimum absolute atomic E-state index is 0.0323. The summed E-state index contributed by atoms with van der Waals surface area (Å²) in [6, 6.07) is 10.3. The van der Waals surface area contributed by atoms with E-state index < -0.39 is 5.60 Å². The Morgan fingerprint density at radius 3 is 2.48 bits per heavy atom. The average Bonchev–Trinajstić information content (AvgIpc) is 3.30. The molecule has 1 aliphatic carbocycles. The first-order chi connectivity index (χ1) is 12.8. The van der Waals surface area contributed by atoms with Crippen LogP contribution in [0.5, 0.6) is 0 Å². The third-order valence-corrected chi connectivity index (χ3v) is 5.06. The van der Waals surface area contributed by atoms with Crippen LogP contribution in [0.25, 0.3) is 0 Å². The molecule has 0 radical (unpaired) electrons. The Balaban J connectivity index is 1.65. The van der Waals surface area contributed by atoms with Gasteiger partial charge in [-0.25, -0.2) is 9.38 Å². The van der Waals surface area contributed by atoms with Crippen LogP contribution in [0.1, 0.15) is 43.8 Å². The van der Waals surface area contributed by atoms with Gasteiger partial charge < -0.3 is 20.2 Å². The number of rotatable bonds is 7. The summed E-state index contributed by atoms with van der Waals surface area (Å²) in [5.41, 5.74) is 0.000318. The van der Waals surface area contributed by atoms with E-state index in [1.165, 1.54) is 12.1 Å². The number of hydrogen-bond donors (Lipinski definition) is 3. The summed E-state index contributed by atoms with van der Waals surface area (Å²) in [5, 5.41) is 17.2. The Morgan fingerprint density at radius 1 is 1.22 bits per heavy atom. The monoisotopic (exact) mass is 373 g/mol. The molecule has 146 valence electrons.